The SMILES string of the molecule is O=c1ccn([C@@H]2O[C@H](CO)[C@@H](O)[C@H]2OP(=O)(O)O)c(=O)[nH]1.[Na+].[Na+]. The van der Waals surface area contributed by atoms with Crippen LogP contribution in [0.3, 0.4) is 0 Å². The van der Waals surface area contributed by atoms with Gasteiger partial charge in [0.05, 0.1) is 6.61 Å². The number of nitrogens with one attached hydrogen (secondary N) is 1. The van der Waals surface area contributed by atoms with E-state index in [4.69, 9.17) is 19.6 Å². The van der Waals surface area contributed by atoms with Crippen LogP contribution in [0.4, 0.5) is 0 Å². The van der Waals surface area contributed by atoms with Gasteiger partial charge in [0.25, 0.3) is 5.56 Å². The van der Waals surface area contributed by atoms with Crippen molar-refractivity contribution in [2.45, 2.75) is 24.5 Å². The van der Waals surface area contributed by atoms with Gasteiger partial charge in [0.15, 0.2) is 6.23 Å². The Bertz CT molecular complexity index is 673. The maximum atomic E-state index is 11.7. The predicted molar refractivity (Wildman–Crippen MR) is 65.2 cm³/mol. The van der Waals surface area contributed by atoms with E-state index in [1.807, 2.05) is 4.98 Å². The average Bonchev–Trinajstić information content (AvgIpc) is 2.65. The van der Waals surface area contributed by atoms with Gasteiger partial charge in [-0.25, -0.2) is 9.36 Å². The number of hydrogen-bond acceptors (Lipinski definition) is 7. The van der Waals surface area contributed by atoms with Crippen molar-refractivity contribution in [2.24, 2.45) is 0 Å². The molecule has 0 unspecified atom stereocenters. The molecule has 1 aromatic heterocycles. The zero-order valence-corrected chi connectivity index (χ0v) is 17.3. The number of phosphoric acid groups is 1. The van der Waals surface area contributed by atoms with Crippen LogP contribution >= 0.6 is 7.82 Å². The molecule has 0 bridgehead atoms. The Morgan fingerprint density at radius 3 is 2.43 bits per heavy atom. The number of aromatic nitrogens is 2. The van der Waals surface area contributed by atoms with Crippen molar-refractivity contribution < 1.29 is 92.9 Å². The van der Waals surface area contributed by atoms with Crippen LogP contribution in [-0.4, -0.2) is 54.5 Å². The van der Waals surface area contributed by atoms with Gasteiger partial charge in [-0.2, -0.15) is 0 Å². The third-order valence-corrected chi connectivity index (χ3v) is 3.40. The predicted octanol–water partition coefficient (Wildman–Crippen LogP) is -8.73. The molecule has 5 N–H and O–H groups in total. The molecular weight excluding hydrogens is 357 g/mol. The minimum atomic E-state index is -4.98. The fourth-order valence-corrected chi connectivity index (χ4v) is 2.54. The van der Waals surface area contributed by atoms with Crippen molar-refractivity contribution in [3.63, 3.8) is 0 Å². The summed E-state index contributed by atoms with van der Waals surface area (Å²) in [5, 5.41) is 18.9. The van der Waals surface area contributed by atoms with E-state index >= 15 is 0 Å². The first-order valence-corrected chi connectivity index (χ1v) is 7.26. The first-order chi connectivity index (χ1) is 9.73. The largest absolute Gasteiger partial charge is 1.00 e. The van der Waals surface area contributed by atoms with E-state index < -0.39 is 50.2 Å². The van der Waals surface area contributed by atoms with E-state index in [0.717, 1.165) is 16.8 Å². The second-order valence-electron chi connectivity index (χ2n) is 4.32. The molecule has 1 fully saturated rings. The molecule has 0 spiro atoms. The summed E-state index contributed by atoms with van der Waals surface area (Å²) in [6.07, 6.45) is -4.79. The summed E-state index contributed by atoms with van der Waals surface area (Å²) in [4.78, 5) is 42.3. The number of rotatable bonds is 4. The zero-order valence-electron chi connectivity index (χ0n) is 12.4. The topological polar surface area (TPSA) is 171 Å². The van der Waals surface area contributed by atoms with Crippen molar-refractivity contribution in [2.75, 3.05) is 6.61 Å². The summed E-state index contributed by atoms with van der Waals surface area (Å²) < 4.78 is 21.3. The third kappa shape index (κ3) is 5.86. The number of nitrogens with zero attached hydrogens (tertiary/aromatic N) is 1. The van der Waals surface area contributed by atoms with Gasteiger partial charge in [0.1, 0.15) is 18.3 Å². The van der Waals surface area contributed by atoms with Crippen molar-refractivity contribution in [3.8, 4) is 0 Å². The number of ether oxygens (including phenoxy) is 1. The van der Waals surface area contributed by atoms with Crippen LogP contribution in [0, 0.1) is 0 Å². The van der Waals surface area contributed by atoms with Gasteiger partial charge in [0.2, 0.25) is 0 Å². The van der Waals surface area contributed by atoms with Crippen LogP contribution in [0.25, 0.3) is 0 Å². The summed E-state index contributed by atoms with van der Waals surface area (Å²) in [6, 6.07) is 0.984. The molecule has 23 heavy (non-hydrogen) atoms. The maximum Gasteiger partial charge on any atom is 1.00 e. The van der Waals surface area contributed by atoms with Gasteiger partial charge in [-0.3, -0.25) is 18.9 Å². The molecule has 1 aromatic rings. The van der Waals surface area contributed by atoms with Gasteiger partial charge >= 0.3 is 72.6 Å². The molecule has 0 radical (unpaired) electrons. The Kier molecular flexibility index (Phi) is 9.66. The normalized spacial score (nSPS) is 27.1. The first-order valence-electron chi connectivity index (χ1n) is 5.73. The third-order valence-electron chi connectivity index (χ3n) is 2.88. The quantitative estimate of drug-likeness (QED) is 0.255. The average molecular weight is 370 g/mol. The molecule has 1 saturated heterocycles. The summed E-state index contributed by atoms with van der Waals surface area (Å²) in [5.74, 6) is 0. The summed E-state index contributed by atoms with van der Waals surface area (Å²) >= 11 is 0. The van der Waals surface area contributed by atoms with Crippen LogP contribution in [-0.2, 0) is 13.8 Å². The molecule has 11 nitrogen and oxygen atoms in total. The molecule has 4 atom stereocenters. The molecule has 0 amide bonds. The smallest absolute Gasteiger partial charge is 0.394 e. The minimum absolute atomic E-state index is 0. The molecule has 0 saturated carbocycles. The monoisotopic (exact) mass is 370 g/mol. The number of hydrogen-bond donors (Lipinski definition) is 5. The number of H-pyrrole nitrogens is 1. The molecule has 118 valence electrons. The zero-order chi connectivity index (χ0) is 15.8. The maximum absolute atomic E-state index is 11.7. The molecule has 1 aliphatic heterocycles. The van der Waals surface area contributed by atoms with Crippen LogP contribution in [0.2, 0.25) is 0 Å². The summed E-state index contributed by atoms with van der Waals surface area (Å²) in [7, 11) is -4.98. The van der Waals surface area contributed by atoms with Gasteiger partial charge in [-0.1, -0.05) is 0 Å². The van der Waals surface area contributed by atoms with E-state index in [1.165, 1.54) is 0 Å². The van der Waals surface area contributed by atoms with Crippen molar-refractivity contribution in [1.82, 2.24) is 9.55 Å². The van der Waals surface area contributed by atoms with Crippen molar-refractivity contribution in [1.29, 1.82) is 0 Å². The van der Waals surface area contributed by atoms with Crippen LogP contribution in [0.1, 0.15) is 6.23 Å². The fourth-order valence-electron chi connectivity index (χ4n) is 1.99. The van der Waals surface area contributed by atoms with Crippen molar-refractivity contribution >= 4 is 7.82 Å². The van der Waals surface area contributed by atoms with E-state index in [0.29, 0.717) is 0 Å². The van der Waals surface area contributed by atoms with E-state index in [9.17, 15) is 19.3 Å². The molecule has 2 heterocycles. The Morgan fingerprint density at radius 1 is 1.35 bits per heavy atom. The Balaban J connectivity index is 0.00000242. The Morgan fingerprint density at radius 2 is 1.96 bits per heavy atom. The number of aliphatic hydroxyl groups excluding tert-OH is 2. The molecule has 14 heteroatoms. The summed E-state index contributed by atoms with van der Waals surface area (Å²) in [5.41, 5.74) is -1.60. The van der Waals surface area contributed by atoms with Gasteiger partial charge in [-0.05, 0) is 0 Å². The van der Waals surface area contributed by atoms with Gasteiger partial charge in [-0.15, -0.1) is 0 Å². The standard InChI is InChI=1S/C9H13N2O9P.2Na/c12-3-4-6(14)7(20-21(16,17)18)8(19-4)11-2-1-5(13)10-9(11)15;;/h1-2,4,6-8,12,14H,3H2,(H,10,13,15)(H2,16,17,18);;/q;2*+1/t4-,6-,7-,8-;;/m1../s1. The number of aromatic amines is 1. The second-order valence-corrected chi connectivity index (χ2v) is 5.51. The van der Waals surface area contributed by atoms with Gasteiger partial charge < -0.3 is 24.7 Å². The number of aliphatic hydroxyl groups is 2. The second kappa shape index (κ2) is 9.39. The van der Waals surface area contributed by atoms with Gasteiger partial charge in [0, 0.05) is 12.3 Å². The molecule has 0 aromatic carbocycles. The molecular formula is C9H13N2Na2O9P+2. The van der Waals surface area contributed by atoms with Crippen LogP contribution in [0.5, 0.6) is 0 Å². The van der Waals surface area contributed by atoms with E-state index in [2.05, 4.69) is 4.52 Å². The van der Waals surface area contributed by atoms with Crippen LogP contribution in [0.15, 0.2) is 21.9 Å². The Hall–Kier alpha value is 0.670. The molecule has 1 aliphatic rings. The minimum Gasteiger partial charge on any atom is -0.394 e. The molecule has 0 aliphatic carbocycles. The van der Waals surface area contributed by atoms with Crippen LogP contribution < -0.4 is 70.4 Å². The number of phosphoric ester groups is 1. The first kappa shape index (κ1) is 23.7. The van der Waals surface area contributed by atoms with E-state index in [-0.39, 0.29) is 59.1 Å². The summed E-state index contributed by atoms with van der Waals surface area (Å²) in [6.45, 7) is -0.656. The fraction of sp³-hybridized carbons (Fsp3) is 0.556. The van der Waals surface area contributed by atoms with E-state index in [1.54, 1.807) is 0 Å². The molecule has 2 rings (SSSR count). The Labute approximate surface area is 173 Å². The van der Waals surface area contributed by atoms with Crippen molar-refractivity contribution in [3.05, 3.63) is 33.1 Å².